The standard InChI is InChI=1S/C19H16N4O2/c1-12-13(2)23(11-21-12)17-7-5-16(6-8-17)22-19(25)14-3-4-15(10-20)18(24)9-14/h3-9,11,24H,1-2H3,(H,22,25). The maximum absolute atomic E-state index is 12.3. The number of hydrogen-bond acceptors (Lipinski definition) is 4. The van der Waals surface area contributed by atoms with Crippen LogP contribution in [0.3, 0.4) is 0 Å². The fourth-order valence-electron chi connectivity index (χ4n) is 2.44. The van der Waals surface area contributed by atoms with Crippen molar-refractivity contribution < 1.29 is 9.90 Å². The van der Waals surface area contributed by atoms with Crippen LogP contribution >= 0.6 is 0 Å². The van der Waals surface area contributed by atoms with Gasteiger partial charge in [-0.1, -0.05) is 0 Å². The van der Waals surface area contributed by atoms with E-state index in [1.54, 1.807) is 18.5 Å². The Morgan fingerprint density at radius 2 is 1.92 bits per heavy atom. The predicted molar refractivity (Wildman–Crippen MR) is 93.8 cm³/mol. The van der Waals surface area contributed by atoms with Crippen LogP contribution in [-0.4, -0.2) is 20.6 Å². The second-order valence-electron chi connectivity index (χ2n) is 5.63. The highest BCUT2D eigenvalue weighted by atomic mass is 16.3. The molecule has 0 radical (unpaired) electrons. The SMILES string of the molecule is Cc1ncn(-c2ccc(NC(=O)c3ccc(C#N)c(O)c3)cc2)c1C. The fourth-order valence-corrected chi connectivity index (χ4v) is 2.44. The Balaban J connectivity index is 1.77. The molecule has 0 aliphatic heterocycles. The van der Waals surface area contributed by atoms with Crippen LogP contribution < -0.4 is 5.32 Å². The van der Waals surface area contributed by atoms with Crippen LogP contribution in [0.1, 0.15) is 27.3 Å². The Hall–Kier alpha value is -3.59. The van der Waals surface area contributed by atoms with Crippen LogP contribution in [0.15, 0.2) is 48.8 Å². The van der Waals surface area contributed by atoms with Gasteiger partial charge in [0.25, 0.3) is 5.91 Å². The van der Waals surface area contributed by atoms with Gasteiger partial charge >= 0.3 is 0 Å². The van der Waals surface area contributed by atoms with Crippen molar-refractivity contribution >= 4 is 11.6 Å². The average Bonchev–Trinajstić information content (AvgIpc) is 2.95. The molecule has 0 atom stereocenters. The van der Waals surface area contributed by atoms with Crippen molar-refractivity contribution in [3.05, 3.63) is 71.3 Å². The van der Waals surface area contributed by atoms with Crippen LogP contribution in [0, 0.1) is 25.2 Å². The Morgan fingerprint density at radius 3 is 2.48 bits per heavy atom. The molecule has 0 aliphatic carbocycles. The molecule has 1 amide bonds. The van der Waals surface area contributed by atoms with E-state index in [2.05, 4.69) is 10.3 Å². The molecular formula is C19H16N4O2. The number of nitriles is 1. The lowest BCUT2D eigenvalue weighted by atomic mass is 10.1. The molecule has 0 fully saturated rings. The summed E-state index contributed by atoms with van der Waals surface area (Å²) in [5.74, 6) is -0.571. The molecule has 2 aromatic carbocycles. The molecular weight excluding hydrogens is 316 g/mol. The van der Waals surface area contributed by atoms with Gasteiger partial charge in [0.05, 0.1) is 17.6 Å². The quantitative estimate of drug-likeness (QED) is 0.770. The zero-order valence-electron chi connectivity index (χ0n) is 13.8. The predicted octanol–water partition coefficient (Wildman–Crippen LogP) is 3.32. The maximum Gasteiger partial charge on any atom is 0.255 e. The first-order valence-electron chi connectivity index (χ1n) is 7.65. The first kappa shape index (κ1) is 16.3. The molecule has 0 unspecified atom stereocenters. The summed E-state index contributed by atoms with van der Waals surface area (Å²) in [6, 6.07) is 13.4. The largest absolute Gasteiger partial charge is 0.507 e. The molecule has 0 saturated carbocycles. The van der Waals surface area contributed by atoms with Crippen molar-refractivity contribution in [3.63, 3.8) is 0 Å². The zero-order chi connectivity index (χ0) is 18.0. The smallest absolute Gasteiger partial charge is 0.255 e. The summed E-state index contributed by atoms with van der Waals surface area (Å²) in [4.78, 5) is 16.5. The third-order valence-electron chi connectivity index (χ3n) is 4.04. The lowest BCUT2D eigenvalue weighted by Crippen LogP contribution is -2.11. The lowest BCUT2D eigenvalue weighted by Gasteiger charge is -2.09. The first-order valence-corrected chi connectivity index (χ1v) is 7.65. The second-order valence-corrected chi connectivity index (χ2v) is 5.63. The highest BCUT2D eigenvalue weighted by Crippen LogP contribution is 2.20. The molecule has 3 aromatic rings. The third-order valence-corrected chi connectivity index (χ3v) is 4.04. The normalized spacial score (nSPS) is 10.3. The molecule has 0 spiro atoms. The minimum Gasteiger partial charge on any atom is -0.507 e. The minimum absolute atomic E-state index is 0.131. The van der Waals surface area contributed by atoms with Gasteiger partial charge in [0, 0.05) is 22.6 Å². The van der Waals surface area contributed by atoms with Crippen LogP contribution in [0.4, 0.5) is 5.69 Å². The number of anilines is 1. The molecule has 1 heterocycles. The van der Waals surface area contributed by atoms with Crippen molar-refractivity contribution in [2.24, 2.45) is 0 Å². The zero-order valence-corrected chi connectivity index (χ0v) is 13.8. The number of benzene rings is 2. The van der Waals surface area contributed by atoms with Crippen molar-refractivity contribution in [1.29, 1.82) is 5.26 Å². The Labute approximate surface area is 145 Å². The molecule has 6 nitrogen and oxygen atoms in total. The van der Waals surface area contributed by atoms with E-state index < -0.39 is 0 Å². The van der Waals surface area contributed by atoms with E-state index in [-0.39, 0.29) is 22.8 Å². The van der Waals surface area contributed by atoms with Gasteiger partial charge in [0.2, 0.25) is 0 Å². The fraction of sp³-hybridized carbons (Fsp3) is 0.105. The number of phenolic OH excluding ortho intramolecular Hbond substituents is 1. The highest BCUT2D eigenvalue weighted by molar-refractivity contribution is 6.04. The Morgan fingerprint density at radius 1 is 1.20 bits per heavy atom. The van der Waals surface area contributed by atoms with Crippen LogP contribution in [0.5, 0.6) is 5.75 Å². The van der Waals surface area contributed by atoms with E-state index in [0.717, 1.165) is 17.1 Å². The summed E-state index contributed by atoms with van der Waals surface area (Å²) in [6.07, 6.45) is 1.76. The number of imidazole rings is 1. The van der Waals surface area contributed by atoms with Crippen molar-refractivity contribution in [3.8, 4) is 17.5 Å². The number of rotatable bonds is 3. The number of amides is 1. The first-order chi connectivity index (χ1) is 12.0. The van der Waals surface area contributed by atoms with Gasteiger partial charge in [-0.3, -0.25) is 4.79 Å². The topological polar surface area (TPSA) is 90.9 Å². The van der Waals surface area contributed by atoms with E-state index >= 15 is 0 Å². The second kappa shape index (κ2) is 6.49. The molecule has 2 N–H and O–H groups in total. The molecule has 0 saturated heterocycles. The molecule has 0 bridgehead atoms. The summed E-state index contributed by atoms with van der Waals surface area (Å²) in [5.41, 5.74) is 4.02. The van der Waals surface area contributed by atoms with E-state index in [1.165, 1.54) is 18.2 Å². The van der Waals surface area contributed by atoms with Crippen molar-refractivity contribution in [2.45, 2.75) is 13.8 Å². The van der Waals surface area contributed by atoms with Crippen LogP contribution in [0.2, 0.25) is 0 Å². The van der Waals surface area contributed by atoms with Gasteiger partial charge in [0.1, 0.15) is 11.8 Å². The number of aromatic hydroxyl groups is 1. The summed E-state index contributed by atoms with van der Waals surface area (Å²) in [5, 5.41) is 21.3. The number of nitrogens with zero attached hydrogens (tertiary/aromatic N) is 3. The molecule has 3 rings (SSSR count). The Bertz CT molecular complexity index is 982. The molecule has 6 heteroatoms. The number of nitrogens with one attached hydrogen (secondary N) is 1. The summed E-state index contributed by atoms with van der Waals surface area (Å²) in [7, 11) is 0. The number of aryl methyl sites for hydroxylation is 1. The molecule has 124 valence electrons. The summed E-state index contributed by atoms with van der Waals surface area (Å²) < 4.78 is 1.97. The number of phenols is 1. The van der Waals surface area contributed by atoms with E-state index in [0.29, 0.717) is 5.69 Å². The molecule has 0 aliphatic rings. The monoisotopic (exact) mass is 332 g/mol. The number of carbonyl (C=O) groups excluding carboxylic acids is 1. The van der Waals surface area contributed by atoms with Crippen LogP contribution in [0.25, 0.3) is 5.69 Å². The van der Waals surface area contributed by atoms with E-state index in [1.807, 2.05) is 36.6 Å². The minimum atomic E-state index is -0.359. The van der Waals surface area contributed by atoms with Gasteiger partial charge in [-0.05, 0) is 56.3 Å². The molecule has 1 aromatic heterocycles. The van der Waals surface area contributed by atoms with Crippen LogP contribution in [-0.2, 0) is 0 Å². The van der Waals surface area contributed by atoms with Gasteiger partial charge in [0.15, 0.2) is 0 Å². The van der Waals surface area contributed by atoms with E-state index in [9.17, 15) is 9.90 Å². The lowest BCUT2D eigenvalue weighted by molar-refractivity contribution is 0.102. The van der Waals surface area contributed by atoms with E-state index in [4.69, 9.17) is 5.26 Å². The van der Waals surface area contributed by atoms with Crippen molar-refractivity contribution in [1.82, 2.24) is 9.55 Å². The van der Waals surface area contributed by atoms with Gasteiger partial charge in [-0.2, -0.15) is 5.26 Å². The third kappa shape index (κ3) is 3.21. The number of aromatic nitrogens is 2. The number of hydrogen-bond donors (Lipinski definition) is 2. The van der Waals surface area contributed by atoms with Gasteiger partial charge in [-0.15, -0.1) is 0 Å². The van der Waals surface area contributed by atoms with Gasteiger partial charge in [-0.25, -0.2) is 4.98 Å². The van der Waals surface area contributed by atoms with Gasteiger partial charge < -0.3 is 15.0 Å². The Kier molecular flexibility index (Phi) is 4.23. The maximum atomic E-state index is 12.3. The highest BCUT2D eigenvalue weighted by Gasteiger charge is 2.10. The van der Waals surface area contributed by atoms with Crippen molar-refractivity contribution in [2.75, 3.05) is 5.32 Å². The average molecular weight is 332 g/mol. The summed E-state index contributed by atoms with van der Waals surface area (Å²) in [6.45, 7) is 3.95. The number of carbonyl (C=O) groups is 1. The summed E-state index contributed by atoms with van der Waals surface area (Å²) >= 11 is 0. The molecule has 25 heavy (non-hydrogen) atoms.